The van der Waals surface area contributed by atoms with E-state index in [1.165, 1.54) is 25.7 Å². The first-order valence-corrected chi connectivity index (χ1v) is 7.23. The maximum Gasteiger partial charge on any atom is 0.228 e. The molecule has 106 valence electrons. The van der Waals surface area contributed by atoms with E-state index < -0.39 is 0 Å². The van der Waals surface area contributed by atoms with E-state index in [1.807, 2.05) is 19.1 Å². The zero-order valence-corrected chi connectivity index (χ0v) is 11.7. The average Bonchev–Trinajstić information content (AvgIpc) is 3.10. The van der Waals surface area contributed by atoms with Gasteiger partial charge in [-0.1, -0.05) is 18.0 Å². The molecule has 20 heavy (non-hydrogen) atoms. The van der Waals surface area contributed by atoms with Crippen molar-refractivity contribution in [3.05, 3.63) is 29.8 Å². The Hall–Kier alpha value is -1.75. The summed E-state index contributed by atoms with van der Waals surface area (Å²) in [4.78, 5) is 8.68. The van der Waals surface area contributed by atoms with Crippen LogP contribution in [0.3, 0.4) is 0 Å². The lowest BCUT2D eigenvalue weighted by Crippen LogP contribution is -2.30. The van der Waals surface area contributed by atoms with Gasteiger partial charge >= 0.3 is 0 Å². The molecule has 3 rings (SSSR count). The van der Waals surface area contributed by atoms with Crippen LogP contribution in [0.15, 0.2) is 22.9 Å². The van der Waals surface area contributed by atoms with Crippen LogP contribution in [0.1, 0.15) is 37.1 Å². The van der Waals surface area contributed by atoms with Crippen molar-refractivity contribution in [3.8, 4) is 11.5 Å². The third kappa shape index (κ3) is 2.88. The van der Waals surface area contributed by atoms with Gasteiger partial charge in [-0.05, 0) is 43.4 Å². The number of aryl methyl sites for hydroxylation is 1. The minimum atomic E-state index is 0.122. The largest absolute Gasteiger partial charge is 0.339 e. The summed E-state index contributed by atoms with van der Waals surface area (Å²) in [5.41, 5.74) is 8.11. The molecule has 1 aliphatic carbocycles. The van der Waals surface area contributed by atoms with Crippen molar-refractivity contribution in [2.75, 3.05) is 0 Å². The maximum atomic E-state index is 6.24. The second kappa shape index (κ2) is 5.71. The molecule has 0 saturated heterocycles. The molecule has 5 heteroatoms. The normalized spacial score (nSPS) is 17.5. The lowest BCUT2D eigenvalue weighted by Gasteiger charge is -2.16. The smallest absolute Gasteiger partial charge is 0.228 e. The molecule has 2 aromatic heterocycles. The molecule has 0 amide bonds. The molecule has 1 aliphatic rings. The molecule has 0 radical (unpaired) electrons. The van der Waals surface area contributed by atoms with E-state index in [4.69, 9.17) is 10.3 Å². The van der Waals surface area contributed by atoms with Crippen molar-refractivity contribution < 1.29 is 4.52 Å². The zero-order chi connectivity index (χ0) is 13.9. The van der Waals surface area contributed by atoms with Crippen molar-refractivity contribution in [1.29, 1.82) is 0 Å². The molecule has 2 N–H and O–H groups in total. The molecular formula is C15H20N4O. The summed E-state index contributed by atoms with van der Waals surface area (Å²) in [5.74, 6) is 1.76. The first-order valence-electron chi connectivity index (χ1n) is 7.23. The van der Waals surface area contributed by atoms with Gasteiger partial charge in [-0.3, -0.25) is 4.98 Å². The Morgan fingerprint density at radius 3 is 2.95 bits per heavy atom. The van der Waals surface area contributed by atoms with E-state index in [-0.39, 0.29) is 6.04 Å². The summed E-state index contributed by atoms with van der Waals surface area (Å²) < 4.78 is 5.31. The fraction of sp³-hybridized carbons (Fsp3) is 0.533. The van der Waals surface area contributed by atoms with Crippen molar-refractivity contribution in [3.63, 3.8) is 0 Å². The molecule has 0 spiro atoms. The molecule has 2 aromatic rings. The number of nitrogens with zero attached hydrogens (tertiary/aromatic N) is 3. The van der Waals surface area contributed by atoms with Crippen molar-refractivity contribution >= 4 is 0 Å². The third-order valence-corrected chi connectivity index (χ3v) is 4.03. The van der Waals surface area contributed by atoms with Crippen LogP contribution in [0.4, 0.5) is 0 Å². The van der Waals surface area contributed by atoms with Crippen LogP contribution in [0.5, 0.6) is 0 Å². The summed E-state index contributed by atoms with van der Waals surface area (Å²) in [6, 6.07) is 4.02. The summed E-state index contributed by atoms with van der Waals surface area (Å²) in [6.45, 7) is 2.02. The van der Waals surface area contributed by atoms with Crippen LogP contribution >= 0.6 is 0 Å². The van der Waals surface area contributed by atoms with Gasteiger partial charge in [0.1, 0.15) is 5.69 Å². The van der Waals surface area contributed by atoms with Gasteiger partial charge in [-0.25, -0.2) is 0 Å². The van der Waals surface area contributed by atoms with Gasteiger partial charge in [0.05, 0.1) is 0 Å². The van der Waals surface area contributed by atoms with Crippen LogP contribution in [0.25, 0.3) is 11.5 Å². The molecular weight excluding hydrogens is 252 g/mol. The fourth-order valence-corrected chi connectivity index (χ4v) is 2.85. The Labute approximate surface area is 118 Å². The van der Waals surface area contributed by atoms with E-state index >= 15 is 0 Å². The van der Waals surface area contributed by atoms with Crippen LogP contribution in [0.2, 0.25) is 0 Å². The predicted octanol–water partition coefficient (Wildman–Crippen LogP) is 2.50. The first kappa shape index (κ1) is 13.2. The van der Waals surface area contributed by atoms with E-state index in [0.29, 0.717) is 24.1 Å². The first-order chi connectivity index (χ1) is 9.72. The standard InChI is InChI=1S/C15H20N4O/c1-10-6-7-17-13(8-10)15-18-14(20-19-15)9-12(16)11-4-2-3-5-11/h6-8,11-12H,2-5,9,16H2,1H3. The summed E-state index contributed by atoms with van der Waals surface area (Å²) >= 11 is 0. The third-order valence-electron chi connectivity index (χ3n) is 4.03. The monoisotopic (exact) mass is 272 g/mol. The molecule has 1 atom stereocenters. The molecule has 1 fully saturated rings. The van der Waals surface area contributed by atoms with Gasteiger partial charge in [-0.15, -0.1) is 0 Å². The predicted molar refractivity (Wildman–Crippen MR) is 75.9 cm³/mol. The number of hydrogen-bond donors (Lipinski definition) is 1. The lowest BCUT2D eigenvalue weighted by molar-refractivity contribution is 0.341. The van der Waals surface area contributed by atoms with Gasteiger partial charge in [0.25, 0.3) is 0 Å². The Morgan fingerprint density at radius 2 is 2.20 bits per heavy atom. The summed E-state index contributed by atoms with van der Waals surface area (Å²) in [6.07, 6.45) is 7.44. The highest BCUT2D eigenvalue weighted by Crippen LogP contribution is 2.28. The molecule has 0 bridgehead atoms. The SMILES string of the molecule is Cc1ccnc(-c2noc(CC(N)C3CCCC3)n2)c1. The molecule has 2 heterocycles. The Morgan fingerprint density at radius 1 is 1.40 bits per heavy atom. The summed E-state index contributed by atoms with van der Waals surface area (Å²) in [5, 5.41) is 4.00. The Kier molecular flexibility index (Phi) is 3.78. The minimum absolute atomic E-state index is 0.122. The van der Waals surface area contributed by atoms with Crippen LogP contribution < -0.4 is 5.73 Å². The van der Waals surface area contributed by atoms with Crippen molar-refractivity contribution in [1.82, 2.24) is 15.1 Å². The van der Waals surface area contributed by atoms with Crippen LogP contribution in [-0.4, -0.2) is 21.2 Å². The van der Waals surface area contributed by atoms with Gasteiger partial charge in [-0.2, -0.15) is 4.98 Å². The van der Waals surface area contributed by atoms with Gasteiger partial charge < -0.3 is 10.3 Å². The maximum absolute atomic E-state index is 6.24. The number of rotatable bonds is 4. The highest BCUT2D eigenvalue weighted by Gasteiger charge is 2.24. The quantitative estimate of drug-likeness (QED) is 0.925. The Bertz CT molecular complexity index is 575. The number of pyridine rings is 1. The number of hydrogen-bond acceptors (Lipinski definition) is 5. The second-order valence-electron chi connectivity index (χ2n) is 5.64. The zero-order valence-electron chi connectivity index (χ0n) is 11.7. The highest BCUT2D eigenvalue weighted by molar-refractivity contribution is 5.48. The van der Waals surface area contributed by atoms with Gasteiger partial charge in [0, 0.05) is 18.7 Å². The van der Waals surface area contributed by atoms with E-state index in [0.717, 1.165) is 11.3 Å². The van der Waals surface area contributed by atoms with E-state index in [2.05, 4.69) is 15.1 Å². The van der Waals surface area contributed by atoms with E-state index in [9.17, 15) is 0 Å². The van der Waals surface area contributed by atoms with Crippen molar-refractivity contribution in [2.24, 2.45) is 11.7 Å². The van der Waals surface area contributed by atoms with Crippen LogP contribution in [-0.2, 0) is 6.42 Å². The Balaban J connectivity index is 1.70. The number of aromatic nitrogens is 3. The molecule has 1 unspecified atom stereocenters. The summed E-state index contributed by atoms with van der Waals surface area (Å²) in [7, 11) is 0. The van der Waals surface area contributed by atoms with Gasteiger partial charge in [0.2, 0.25) is 11.7 Å². The van der Waals surface area contributed by atoms with Crippen molar-refractivity contribution in [2.45, 2.75) is 45.1 Å². The average molecular weight is 272 g/mol. The minimum Gasteiger partial charge on any atom is -0.339 e. The highest BCUT2D eigenvalue weighted by atomic mass is 16.5. The van der Waals surface area contributed by atoms with Crippen LogP contribution in [0, 0.1) is 12.8 Å². The molecule has 0 aliphatic heterocycles. The number of nitrogens with two attached hydrogens (primary N) is 1. The second-order valence-corrected chi connectivity index (χ2v) is 5.64. The molecule has 1 saturated carbocycles. The lowest BCUT2D eigenvalue weighted by atomic mass is 9.96. The van der Waals surface area contributed by atoms with E-state index in [1.54, 1.807) is 6.20 Å². The topological polar surface area (TPSA) is 77.8 Å². The molecule has 0 aromatic carbocycles. The fourth-order valence-electron chi connectivity index (χ4n) is 2.85. The molecule has 5 nitrogen and oxygen atoms in total. The van der Waals surface area contributed by atoms with Gasteiger partial charge in [0.15, 0.2) is 0 Å².